The van der Waals surface area contributed by atoms with Crippen LogP contribution in [-0.4, -0.2) is 29.6 Å². The molecule has 0 aliphatic rings. The van der Waals surface area contributed by atoms with Gasteiger partial charge >= 0.3 is 11.8 Å². The van der Waals surface area contributed by atoms with Gasteiger partial charge in [0.2, 0.25) is 0 Å². The van der Waals surface area contributed by atoms with Crippen LogP contribution >= 0.6 is 11.6 Å². The Morgan fingerprint density at radius 3 is 2.41 bits per heavy atom. The highest BCUT2D eigenvalue weighted by molar-refractivity contribution is 6.41. The van der Waals surface area contributed by atoms with Gasteiger partial charge in [0, 0.05) is 12.6 Å². The zero-order valence-electron chi connectivity index (χ0n) is 12.1. The van der Waals surface area contributed by atoms with Crippen molar-refractivity contribution in [2.45, 2.75) is 26.4 Å². The molecule has 122 valence electrons. The van der Waals surface area contributed by atoms with Crippen LogP contribution in [0.4, 0.5) is 14.5 Å². The molecule has 0 aromatic heterocycles. The van der Waals surface area contributed by atoms with E-state index in [0.717, 1.165) is 0 Å². The van der Waals surface area contributed by atoms with Gasteiger partial charge in [-0.3, -0.25) is 9.59 Å². The largest absolute Gasteiger partial charge is 0.393 e. The Hall–Kier alpha value is -1.73. The summed E-state index contributed by atoms with van der Waals surface area (Å²) >= 11 is 5.64. The van der Waals surface area contributed by atoms with Crippen LogP contribution in [0.3, 0.4) is 0 Å². The van der Waals surface area contributed by atoms with Gasteiger partial charge in [0.15, 0.2) is 11.6 Å². The Kier molecular flexibility index (Phi) is 6.70. The van der Waals surface area contributed by atoms with Crippen molar-refractivity contribution in [2.24, 2.45) is 5.92 Å². The molecule has 0 fully saturated rings. The minimum Gasteiger partial charge on any atom is -0.393 e. The van der Waals surface area contributed by atoms with Crippen molar-refractivity contribution in [1.82, 2.24) is 5.32 Å². The van der Waals surface area contributed by atoms with Crippen LogP contribution in [0, 0.1) is 17.6 Å². The van der Waals surface area contributed by atoms with Gasteiger partial charge in [-0.1, -0.05) is 25.4 Å². The van der Waals surface area contributed by atoms with Gasteiger partial charge in [-0.25, -0.2) is 8.78 Å². The molecule has 3 N–H and O–H groups in total. The zero-order valence-corrected chi connectivity index (χ0v) is 12.9. The van der Waals surface area contributed by atoms with E-state index in [9.17, 15) is 23.5 Å². The molecule has 5 nitrogen and oxygen atoms in total. The van der Waals surface area contributed by atoms with Crippen molar-refractivity contribution in [3.8, 4) is 0 Å². The molecule has 1 aromatic rings. The molecule has 0 spiro atoms. The fourth-order valence-corrected chi connectivity index (χ4v) is 1.74. The predicted octanol–water partition coefficient (Wildman–Crippen LogP) is 2.08. The van der Waals surface area contributed by atoms with E-state index in [1.165, 1.54) is 0 Å². The number of benzene rings is 1. The summed E-state index contributed by atoms with van der Waals surface area (Å²) in [5.74, 6) is -4.34. The lowest BCUT2D eigenvalue weighted by Gasteiger charge is -2.14. The van der Waals surface area contributed by atoms with E-state index in [2.05, 4.69) is 10.6 Å². The van der Waals surface area contributed by atoms with Gasteiger partial charge in [0.25, 0.3) is 0 Å². The van der Waals surface area contributed by atoms with E-state index >= 15 is 0 Å². The third-order valence-corrected chi connectivity index (χ3v) is 3.27. The van der Waals surface area contributed by atoms with Crippen LogP contribution in [0.5, 0.6) is 0 Å². The summed E-state index contributed by atoms with van der Waals surface area (Å²) in [7, 11) is 0. The number of amides is 2. The molecule has 1 rings (SSSR count). The number of carbonyl (C=O) groups is 2. The molecule has 1 aromatic carbocycles. The number of nitrogens with one attached hydrogen (secondary N) is 2. The van der Waals surface area contributed by atoms with E-state index in [4.69, 9.17) is 11.6 Å². The van der Waals surface area contributed by atoms with Crippen molar-refractivity contribution in [1.29, 1.82) is 0 Å². The predicted molar refractivity (Wildman–Crippen MR) is 78.5 cm³/mol. The lowest BCUT2D eigenvalue weighted by Crippen LogP contribution is -2.37. The molecule has 8 heteroatoms. The monoisotopic (exact) mass is 334 g/mol. The highest BCUT2D eigenvalue weighted by Gasteiger charge is 2.17. The smallest absolute Gasteiger partial charge is 0.313 e. The Morgan fingerprint density at radius 1 is 1.23 bits per heavy atom. The number of aliphatic hydroxyl groups is 1. The molecule has 22 heavy (non-hydrogen) atoms. The minimum absolute atomic E-state index is 0.0340. The molecule has 1 atom stereocenters. The average molecular weight is 335 g/mol. The van der Waals surface area contributed by atoms with E-state index in [1.54, 1.807) is 0 Å². The fraction of sp³-hybridized carbons (Fsp3) is 0.429. The second-order valence-electron chi connectivity index (χ2n) is 5.06. The summed E-state index contributed by atoms with van der Waals surface area (Å²) < 4.78 is 26.0. The van der Waals surface area contributed by atoms with Gasteiger partial charge < -0.3 is 15.7 Å². The first-order valence-corrected chi connectivity index (χ1v) is 7.02. The number of hydrogen-bond acceptors (Lipinski definition) is 3. The topological polar surface area (TPSA) is 78.4 Å². The van der Waals surface area contributed by atoms with Gasteiger partial charge in [0.1, 0.15) is 0 Å². The third-order valence-electron chi connectivity index (χ3n) is 2.96. The second-order valence-corrected chi connectivity index (χ2v) is 5.46. The Balaban J connectivity index is 2.55. The number of aliphatic hydroxyl groups excluding tert-OH is 1. The first kappa shape index (κ1) is 18.3. The first-order chi connectivity index (χ1) is 10.2. The molecule has 0 bridgehead atoms. The lowest BCUT2D eigenvalue weighted by atomic mass is 10.0. The molecular weight excluding hydrogens is 318 g/mol. The van der Waals surface area contributed by atoms with Crippen molar-refractivity contribution in [2.75, 3.05) is 11.9 Å². The molecule has 0 aliphatic heterocycles. The molecule has 1 unspecified atom stereocenters. The maximum absolute atomic E-state index is 13.1. The van der Waals surface area contributed by atoms with E-state index in [0.29, 0.717) is 18.6 Å². The lowest BCUT2D eigenvalue weighted by molar-refractivity contribution is -0.136. The number of carbonyl (C=O) groups excluding carboxylic acids is 2. The molecule has 0 saturated heterocycles. The molecule has 0 radical (unpaired) electrons. The highest BCUT2D eigenvalue weighted by Crippen LogP contribution is 2.24. The van der Waals surface area contributed by atoms with Crippen LogP contribution in [0.25, 0.3) is 0 Å². The standard InChI is InChI=1S/C14H17ClF2N2O3/c1-7(2)12(20)3-4-18-13(21)14(22)19-11-6-10(17)9(16)5-8(11)15/h5-7,12,20H,3-4H2,1-2H3,(H,18,21)(H,19,22). The SMILES string of the molecule is CC(C)C(O)CCNC(=O)C(=O)Nc1cc(F)c(F)cc1Cl. The van der Waals surface area contributed by atoms with Gasteiger partial charge in [-0.2, -0.15) is 0 Å². The summed E-state index contributed by atoms with van der Waals surface area (Å²) in [4.78, 5) is 23.2. The number of halogens is 3. The van der Waals surface area contributed by atoms with Gasteiger partial charge in [-0.05, 0) is 18.4 Å². The molecular formula is C14H17ClF2N2O3. The second kappa shape index (κ2) is 8.05. The first-order valence-electron chi connectivity index (χ1n) is 6.64. The molecule has 0 aliphatic carbocycles. The summed E-state index contributed by atoms with van der Waals surface area (Å²) in [6.45, 7) is 3.76. The van der Waals surface area contributed by atoms with E-state index in [-0.39, 0.29) is 23.2 Å². The molecule has 0 saturated carbocycles. The summed E-state index contributed by atoms with van der Waals surface area (Å²) in [5.41, 5.74) is -0.206. The van der Waals surface area contributed by atoms with Crippen molar-refractivity contribution < 1.29 is 23.5 Å². The summed E-state index contributed by atoms with van der Waals surface area (Å²) in [6, 6.07) is 1.38. The van der Waals surface area contributed by atoms with Crippen LogP contribution < -0.4 is 10.6 Å². The van der Waals surface area contributed by atoms with Crippen LogP contribution in [-0.2, 0) is 9.59 Å². The Labute approximate surface area is 131 Å². The van der Waals surface area contributed by atoms with Crippen molar-refractivity contribution in [3.63, 3.8) is 0 Å². The number of hydrogen-bond donors (Lipinski definition) is 3. The van der Waals surface area contributed by atoms with Crippen LogP contribution in [0.2, 0.25) is 5.02 Å². The number of rotatable bonds is 5. The Bertz CT molecular complexity index is 567. The van der Waals surface area contributed by atoms with E-state index < -0.39 is 29.6 Å². The molecule has 2 amide bonds. The van der Waals surface area contributed by atoms with Crippen molar-refractivity contribution in [3.05, 3.63) is 28.8 Å². The quantitative estimate of drug-likeness (QED) is 0.570. The maximum Gasteiger partial charge on any atom is 0.313 e. The fourth-order valence-electron chi connectivity index (χ4n) is 1.54. The summed E-state index contributed by atoms with van der Waals surface area (Å²) in [5, 5.41) is 13.7. The third kappa shape index (κ3) is 5.23. The van der Waals surface area contributed by atoms with Crippen molar-refractivity contribution >= 4 is 29.1 Å². The Morgan fingerprint density at radius 2 is 1.82 bits per heavy atom. The average Bonchev–Trinajstić information content (AvgIpc) is 2.44. The highest BCUT2D eigenvalue weighted by atomic mass is 35.5. The van der Waals surface area contributed by atoms with E-state index in [1.807, 2.05) is 13.8 Å². The maximum atomic E-state index is 13.1. The van der Waals surface area contributed by atoms with Gasteiger partial charge in [-0.15, -0.1) is 0 Å². The molecule has 0 heterocycles. The number of anilines is 1. The van der Waals surface area contributed by atoms with Crippen LogP contribution in [0.15, 0.2) is 12.1 Å². The van der Waals surface area contributed by atoms with Gasteiger partial charge in [0.05, 0.1) is 16.8 Å². The summed E-state index contributed by atoms with van der Waals surface area (Å²) in [6.07, 6.45) is -0.299. The zero-order chi connectivity index (χ0) is 16.9. The normalized spacial score (nSPS) is 12.1. The minimum atomic E-state index is -1.19. The van der Waals surface area contributed by atoms with Crippen LogP contribution in [0.1, 0.15) is 20.3 Å².